The largest absolute Gasteiger partial charge is 0.399 e. The number of halogens is 1. The summed E-state index contributed by atoms with van der Waals surface area (Å²) in [5.41, 5.74) is 7.01. The van der Waals surface area contributed by atoms with Crippen LogP contribution in [0.2, 0.25) is 5.02 Å². The summed E-state index contributed by atoms with van der Waals surface area (Å²) < 4.78 is 0. The van der Waals surface area contributed by atoms with Gasteiger partial charge in [-0.15, -0.1) is 0 Å². The first-order valence-corrected chi connectivity index (χ1v) is 6.42. The van der Waals surface area contributed by atoms with Crippen molar-refractivity contribution in [3.05, 3.63) is 63.2 Å². The summed E-state index contributed by atoms with van der Waals surface area (Å²) >= 11 is 5.92. The molecule has 21 heavy (non-hydrogen) atoms. The number of nitrogens with zero attached hydrogens (tertiary/aromatic N) is 1. The number of carbonyl (C=O) groups excluding carboxylic acids is 1. The van der Waals surface area contributed by atoms with E-state index in [9.17, 15) is 14.9 Å². The number of amides is 1. The molecule has 6 nitrogen and oxygen atoms in total. The molecule has 0 heterocycles. The summed E-state index contributed by atoms with van der Waals surface area (Å²) in [4.78, 5) is 22.1. The Bertz CT molecular complexity index is 704. The van der Waals surface area contributed by atoms with Gasteiger partial charge in [0.05, 0.1) is 22.1 Å². The van der Waals surface area contributed by atoms with Crippen molar-refractivity contribution in [2.24, 2.45) is 0 Å². The fourth-order valence-corrected chi connectivity index (χ4v) is 1.97. The molecular formula is C14H12ClN3O3. The number of rotatable bonds is 4. The van der Waals surface area contributed by atoms with Crippen molar-refractivity contribution in [2.45, 2.75) is 6.42 Å². The SMILES string of the molecule is Nc1cccc(CC(=O)Nc2cc([N+](=O)[O-])ccc2Cl)c1. The highest BCUT2D eigenvalue weighted by Gasteiger charge is 2.12. The zero-order valence-electron chi connectivity index (χ0n) is 10.9. The van der Waals surface area contributed by atoms with Gasteiger partial charge in [0.2, 0.25) is 5.91 Å². The minimum absolute atomic E-state index is 0.101. The van der Waals surface area contributed by atoms with Crippen LogP contribution in [0.5, 0.6) is 0 Å². The van der Waals surface area contributed by atoms with Crippen molar-refractivity contribution in [3.63, 3.8) is 0 Å². The molecule has 0 saturated carbocycles. The molecule has 3 N–H and O–H groups in total. The Morgan fingerprint density at radius 2 is 2.05 bits per heavy atom. The maximum atomic E-state index is 11.9. The van der Waals surface area contributed by atoms with E-state index in [1.165, 1.54) is 18.2 Å². The number of hydrogen-bond acceptors (Lipinski definition) is 4. The lowest BCUT2D eigenvalue weighted by atomic mass is 10.1. The Labute approximate surface area is 125 Å². The second-order valence-corrected chi connectivity index (χ2v) is 4.80. The molecule has 0 aromatic heterocycles. The van der Waals surface area contributed by atoms with Crippen LogP contribution in [0, 0.1) is 10.1 Å². The molecule has 0 spiro atoms. The van der Waals surface area contributed by atoms with E-state index in [4.69, 9.17) is 17.3 Å². The molecule has 0 radical (unpaired) electrons. The topological polar surface area (TPSA) is 98.3 Å². The van der Waals surface area contributed by atoms with Crippen molar-refractivity contribution >= 4 is 34.6 Å². The molecule has 0 bridgehead atoms. The molecule has 0 unspecified atom stereocenters. The number of nitrogens with one attached hydrogen (secondary N) is 1. The molecular weight excluding hydrogens is 294 g/mol. The summed E-state index contributed by atoms with van der Waals surface area (Å²) in [7, 11) is 0. The minimum atomic E-state index is -0.552. The van der Waals surface area contributed by atoms with Gasteiger partial charge in [-0.25, -0.2) is 0 Å². The Kier molecular flexibility index (Phi) is 4.39. The second kappa shape index (κ2) is 6.23. The number of nitrogens with two attached hydrogens (primary N) is 1. The predicted octanol–water partition coefficient (Wildman–Crippen LogP) is 3.01. The quantitative estimate of drug-likeness (QED) is 0.515. The molecule has 0 saturated heterocycles. The van der Waals surface area contributed by atoms with Gasteiger partial charge in [0.25, 0.3) is 5.69 Å². The number of benzene rings is 2. The molecule has 0 aliphatic heterocycles. The van der Waals surface area contributed by atoms with Gasteiger partial charge in [-0.05, 0) is 23.8 Å². The van der Waals surface area contributed by atoms with Gasteiger partial charge in [0.1, 0.15) is 0 Å². The molecule has 108 valence electrons. The minimum Gasteiger partial charge on any atom is -0.399 e. The maximum absolute atomic E-state index is 11.9. The predicted molar refractivity (Wildman–Crippen MR) is 81.3 cm³/mol. The van der Waals surface area contributed by atoms with Gasteiger partial charge < -0.3 is 11.1 Å². The summed E-state index contributed by atoms with van der Waals surface area (Å²) in [5.74, 6) is -0.331. The van der Waals surface area contributed by atoms with Crippen molar-refractivity contribution in [3.8, 4) is 0 Å². The van der Waals surface area contributed by atoms with E-state index in [-0.39, 0.29) is 28.7 Å². The molecule has 2 rings (SSSR count). The second-order valence-electron chi connectivity index (χ2n) is 4.39. The third-order valence-electron chi connectivity index (χ3n) is 2.75. The fraction of sp³-hybridized carbons (Fsp3) is 0.0714. The van der Waals surface area contributed by atoms with Gasteiger partial charge in [-0.1, -0.05) is 23.7 Å². The van der Waals surface area contributed by atoms with E-state index < -0.39 is 4.92 Å². The molecule has 1 amide bonds. The highest BCUT2D eigenvalue weighted by Crippen LogP contribution is 2.26. The number of nitro benzene ring substituents is 1. The third-order valence-corrected chi connectivity index (χ3v) is 3.08. The zero-order chi connectivity index (χ0) is 15.4. The Morgan fingerprint density at radius 3 is 2.71 bits per heavy atom. The van der Waals surface area contributed by atoms with E-state index in [0.29, 0.717) is 5.69 Å². The third kappa shape index (κ3) is 3.93. The number of hydrogen-bond donors (Lipinski definition) is 2. The Balaban J connectivity index is 2.12. The van der Waals surface area contributed by atoms with Crippen LogP contribution < -0.4 is 11.1 Å². The zero-order valence-corrected chi connectivity index (χ0v) is 11.6. The molecule has 0 aliphatic carbocycles. The molecule has 7 heteroatoms. The maximum Gasteiger partial charge on any atom is 0.271 e. The van der Waals surface area contributed by atoms with Crippen LogP contribution in [0.1, 0.15) is 5.56 Å². The van der Waals surface area contributed by atoms with Crippen LogP contribution in [0.15, 0.2) is 42.5 Å². The smallest absolute Gasteiger partial charge is 0.271 e. The van der Waals surface area contributed by atoms with Gasteiger partial charge in [-0.2, -0.15) is 0 Å². The first-order chi connectivity index (χ1) is 9.95. The van der Waals surface area contributed by atoms with Crippen molar-refractivity contribution < 1.29 is 9.72 Å². The number of anilines is 2. The van der Waals surface area contributed by atoms with E-state index >= 15 is 0 Å². The van der Waals surface area contributed by atoms with E-state index in [1.807, 2.05) is 0 Å². The van der Waals surface area contributed by atoms with Gasteiger partial charge in [-0.3, -0.25) is 14.9 Å². The number of non-ortho nitro benzene ring substituents is 1. The first kappa shape index (κ1) is 14.8. The van der Waals surface area contributed by atoms with Crippen molar-refractivity contribution in [1.29, 1.82) is 0 Å². The Morgan fingerprint density at radius 1 is 1.29 bits per heavy atom. The van der Waals surface area contributed by atoms with E-state index in [2.05, 4.69) is 5.32 Å². The van der Waals surface area contributed by atoms with Crippen molar-refractivity contribution in [2.75, 3.05) is 11.1 Å². The highest BCUT2D eigenvalue weighted by molar-refractivity contribution is 6.33. The van der Waals surface area contributed by atoms with Crippen LogP contribution in [0.4, 0.5) is 17.1 Å². The summed E-state index contributed by atoms with van der Waals surface area (Å²) in [6, 6.07) is 10.8. The number of nitrogen functional groups attached to an aromatic ring is 1. The Hall–Kier alpha value is -2.60. The van der Waals surface area contributed by atoms with Crippen LogP contribution >= 0.6 is 11.6 Å². The average molecular weight is 306 g/mol. The normalized spacial score (nSPS) is 10.1. The molecule has 2 aromatic carbocycles. The summed E-state index contributed by atoms with van der Waals surface area (Å²) in [6.45, 7) is 0. The molecule has 0 atom stereocenters. The molecule has 0 fully saturated rings. The monoisotopic (exact) mass is 305 g/mol. The van der Waals surface area contributed by atoms with Gasteiger partial charge in [0.15, 0.2) is 0 Å². The summed E-state index contributed by atoms with van der Waals surface area (Å²) in [6.07, 6.45) is 0.101. The molecule has 0 aliphatic rings. The summed E-state index contributed by atoms with van der Waals surface area (Å²) in [5, 5.41) is 13.5. The van der Waals surface area contributed by atoms with Crippen LogP contribution in [-0.4, -0.2) is 10.8 Å². The van der Waals surface area contributed by atoms with Crippen LogP contribution in [0.25, 0.3) is 0 Å². The highest BCUT2D eigenvalue weighted by atomic mass is 35.5. The lowest BCUT2D eigenvalue weighted by Crippen LogP contribution is -2.15. The molecule has 2 aromatic rings. The lowest BCUT2D eigenvalue weighted by Gasteiger charge is -2.07. The fourth-order valence-electron chi connectivity index (χ4n) is 1.81. The van der Waals surface area contributed by atoms with Gasteiger partial charge in [0, 0.05) is 17.8 Å². The first-order valence-electron chi connectivity index (χ1n) is 6.04. The number of nitro groups is 1. The lowest BCUT2D eigenvalue weighted by molar-refractivity contribution is -0.384. The van der Waals surface area contributed by atoms with Crippen LogP contribution in [0.3, 0.4) is 0 Å². The van der Waals surface area contributed by atoms with E-state index in [0.717, 1.165) is 5.56 Å². The number of carbonyl (C=O) groups is 1. The standard InChI is InChI=1S/C14H12ClN3O3/c15-12-5-4-11(18(20)21)8-13(12)17-14(19)7-9-2-1-3-10(16)6-9/h1-6,8H,7,16H2,(H,17,19). The average Bonchev–Trinajstić information content (AvgIpc) is 2.41. The van der Waals surface area contributed by atoms with E-state index in [1.54, 1.807) is 24.3 Å². The van der Waals surface area contributed by atoms with Crippen LogP contribution in [-0.2, 0) is 11.2 Å². The van der Waals surface area contributed by atoms with Gasteiger partial charge >= 0.3 is 0 Å². The van der Waals surface area contributed by atoms with Crippen molar-refractivity contribution in [1.82, 2.24) is 0 Å².